The minimum absolute atomic E-state index is 0.0344. The van der Waals surface area contributed by atoms with Crippen LogP contribution >= 0.6 is 15.9 Å². The second kappa shape index (κ2) is 7.68. The third-order valence-corrected chi connectivity index (χ3v) is 4.82. The Labute approximate surface area is 175 Å². The van der Waals surface area contributed by atoms with Crippen molar-refractivity contribution in [2.45, 2.75) is 44.9 Å². The summed E-state index contributed by atoms with van der Waals surface area (Å²) in [5.41, 5.74) is 5.12. The number of fused-ring (bicyclic) bond motifs is 1. The van der Waals surface area contributed by atoms with Crippen LogP contribution in [0, 0.1) is 0 Å². The Kier molecular flexibility index (Phi) is 5.59. The van der Waals surface area contributed by atoms with Gasteiger partial charge >= 0.3 is 6.09 Å². The number of nitrogens with zero attached hydrogens (tertiary/aromatic N) is 1. The highest BCUT2D eigenvalue weighted by atomic mass is 79.9. The van der Waals surface area contributed by atoms with Crippen molar-refractivity contribution in [3.8, 4) is 0 Å². The summed E-state index contributed by atoms with van der Waals surface area (Å²) in [5.74, 6) is -1.63. The van der Waals surface area contributed by atoms with E-state index in [-0.39, 0.29) is 24.4 Å². The Morgan fingerprint density at radius 2 is 2.03 bits per heavy atom. The fraction of sp³-hybridized carbons (Fsp3) is 0.421. The normalized spacial score (nSPS) is 19.4. The van der Waals surface area contributed by atoms with Gasteiger partial charge in [-0.05, 0) is 39.0 Å². The third-order valence-electron chi connectivity index (χ3n) is 4.33. The van der Waals surface area contributed by atoms with Crippen molar-refractivity contribution in [1.29, 1.82) is 0 Å². The maximum absolute atomic E-state index is 13.0. The maximum atomic E-state index is 13.0. The van der Waals surface area contributed by atoms with Crippen molar-refractivity contribution >= 4 is 50.5 Å². The van der Waals surface area contributed by atoms with E-state index in [0.29, 0.717) is 15.4 Å². The van der Waals surface area contributed by atoms with Crippen LogP contribution in [0.15, 0.2) is 27.1 Å². The molecule has 1 aromatic heterocycles. The number of rotatable bonds is 3. The Hall–Kier alpha value is -2.59. The zero-order valence-corrected chi connectivity index (χ0v) is 17.8. The molecule has 0 unspecified atom stereocenters. The third kappa shape index (κ3) is 4.54. The number of anilines is 1. The van der Waals surface area contributed by atoms with Gasteiger partial charge in [-0.2, -0.15) is 0 Å². The number of nitrogens with one attached hydrogen (secondary N) is 1. The van der Waals surface area contributed by atoms with Crippen LogP contribution in [-0.4, -0.2) is 52.2 Å². The lowest BCUT2D eigenvalue weighted by Gasteiger charge is -2.27. The van der Waals surface area contributed by atoms with Crippen molar-refractivity contribution in [2.24, 2.45) is 5.73 Å². The highest BCUT2D eigenvalue weighted by Gasteiger charge is 2.41. The number of carbonyl (C=O) groups is 3. The minimum Gasteiger partial charge on any atom is -0.449 e. The van der Waals surface area contributed by atoms with Crippen molar-refractivity contribution in [1.82, 2.24) is 4.90 Å². The van der Waals surface area contributed by atoms with Gasteiger partial charge in [0.15, 0.2) is 0 Å². The molecule has 2 heterocycles. The molecular weight excluding hydrogens is 446 g/mol. The number of nitrogens with two attached hydrogens (primary N) is 1. The molecule has 2 aromatic rings. The number of aliphatic hydroxyl groups is 1. The van der Waals surface area contributed by atoms with Gasteiger partial charge in [0.2, 0.25) is 11.7 Å². The van der Waals surface area contributed by atoms with Crippen LogP contribution in [0.25, 0.3) is 11.0 Å². The van der Waals surface area contributed by atoms with Gasteiger partial charge in [-0.1, -0.05) is 15.9 Å². The fourth-order valence-corrected chi connectivity index (χ4v) is 3.52. The SMILES string of the molecule is CC(C)(C)OC(=O)N1C[C@H](O)C[C@H]1C(=O)Nc1c(C(N)=O)oc2ccc(Br)cc12. The first-order valence-electron chi connectivity index (χ1n) is 8.96. The number of likely N-dealkylation sites (tertiary alicyclic amines) is 1. The highest BCUT2D eigenvalue weighted by Crippen LogP contribution is 2.33. The number of carbonyl (C=O) groups excluding carboxylic acids is 3. The number of ether oxygens (including phenoxy) is 1. The first-order chi connectivity index (χ1) is 13.5. The van der Waals surface area contributed by atoms with Gasteiger partial charge in [0.05, 0.1) is 12.6 Å². The number of aliphatic hydroxyl groups excluding tert-OH is 1. The lowest BCUT2D eigenvalue weighted by atomic mass is 10.1. The summed E-state index contributed by atoms with van der Waals surface area (Å²) in [6.45, 7) is 5.09. The van der Waals surface area contributed by atoms with Gasteiger partial charge in [-0.25, -0.2) is 4.79 Å². The van der Waals surface area contributed by atoms with E-state index in [0.717, 1.165) is 0 Å². The van der Waals surface area contributed by atoms with Gasteiger partial charge in [0.25, 0.3) is 5.91 Å². The molecule has 3 amide bonds. The topological polar surface area (TPSA) is 135 Å². The molecule has 10 heteroatoms. The molecule has 1 aromatic carbocycles. The molecule has 1 aliphatic rings. The molecule has 4 N–H and O–H groups in total. The second-order valence-electron chi connectivity index (χ2n) is 7.84. The van der Waals surface area contributed by atoms with E-state index in [1.54, 1.807) is 39.0 Å². The van der Waals surface area contributed by atoms with Crippen molar-refractivity contribution in [3.05, 3.63) is 28.4 Å². The largest absolute Gasteiger partial charge is 0.449 e. The van der Waals surface area contributed by atoms with E-state index in [9.17, 15) is 19.5 Å². The zero-order chi connectivity index (χ0) is 21.5. The number of primary amides is 1. The maximum Gasteiger partial charge on any atom is 0.411 e. The number of furan rings is 1. The molecule has 1 aliphatic heterocycles. The molecule has 156 valence electrons. The molecule has 1 fully saturated rings. The quantitative estimate of drug-likeness (QED) is 0.634. The first kappa shape index (κ1) is 21.1. The Morgan fingerprint density at radius 1 is 1.34 bits per heavy atom. The van der Waals surface area contributed by atoms with Gasteiger partial charge in [-0.15, -0.1) is 0 Å². The summed E-state index contributed by atoms with van der Waals surface area (Å²) in [7, 11) is 0. The molecule has 0 saturated carbocycles. The van der Waals surface area contributed by atoms with Gasteiger partial charge in [0.1, 0.15) is 22.9 Å². The lowest BCUT2D eigenvalue weighted by Crippen LogP contribution is -2.45. The Morgan fingerprint density at radius 3 is 2.66 bits per heavy atom. The minimum atomic E-state index is -0.974. The van der Waals surface area contributed by atoms with Crippen LogP contribution in [0.5, 0.6) is 0 Å². The first-order valence-corrected chi connectivity index (χ1v) is 9.76. The van der Waals surface area contributed by atoms with Crippen molar-refractivity contribution < 1.29 is 28.6 Å². The number of amides is 3. The number of halogens is 1. The molecule has 2 atom stereocenters. The molecule has 0 bridgehead atoms. The van der Waals surface area contributed by atoms with E-state index >= 15 is 0 Å². The summed E-state index contributed by atoms with van der Waals surface area (Å²) in [6, 6.07) is 4.06. The number of hydrogen-bond donors (Lipinski definition) is 3. The van der Waals surface area contributed by atoms with Crippen LogP contribution in [0.1, 0.15) is 37.7 Å². The summed E-state index contributed by atoms with van der Waals surface area (Å²) in [4.78, 5) is 38.4. The van der Waals surface area contributed by atoms with Crippen LogP contribution < -0.4 is 11.1 Å². The monoisotopic (exact) mass is 467 g/mol. The Bertz CT molecular complexity index is 980. The molecule has 0 radical (unpaired) electrons. The molecule has 9 nitrogen and oxygen atoms in total. The van der Waals surface area contributed by atoms with Crippen LogP contribution in [-0.2, 0) is 9.53 Å². The average Bonchev–Trinajstić information content (AvgIpc) is 3.14. The lowest BCUT2D eigenvalue weighted by molar-refractivity contribution is -0.120. The number of β-amino-alcohol motifs (C(OH)–C–C–N with tert-alkyl or cyclic N) is 1. The van der Waals surface area contributed by atoms with Crippen LogP contribution in [0.4, 0.5) is 10.5 Å². The van der Waals surface area contributed by atoms with E-state index in [4.69, 9.17) is 14.9 Å². The van der Waals surface area contributed by atoms with Crippen molar-refractivity contribution in [3.63, 3.8) is 0 Å². The van der Waals surface area contributed by atoms with Gasteiger partial charge in [0, 0.05) is 16.3 Å². The summed E-state index contributed by atoms with van der Waals surface area (Å²) in [6.07, 6.45) is -1.54. The summed E-state index contributed by atoms with van der Waals surface area (Å²) < 4.78 is 11.5. The highest BCUT2D eigenvalue weighted by molar-refractivity contribution is 9.10. The second-order valence-corrected chi connectivity index (χ2v) is 8.75. The van der Waals surface area contributed by atoms with Gasteiger partial charge in [-0.3, -0.25) is 14.5 Å². The standard InChI is InChI=1S/C19H22BrN3O6/c1-19(2,3)29-18(27)23-8-10(24)7-12(23)17(26)22-14-11-6-9(20)4-5-13(11)28-15(14)16(21)25/h4-6,10,12,24H,7-8H2,1-3H3,(H2,21,25)(H,22,26)/t10-,12+/m1/s1. The Balaban J connectivity index is 1.91. The summed E-state index contributed by atoms with van der Waals surface area (Å²) in [5, 5.41) is 13.1. The molecular formula is C19H22BrN3O6. The van der Waals surface area contributed by atoms with Crippen molar-refractivity contribution in [2.75, 3.05) is 11.9 Å². The molecule has 1 saturated heterocycles. The smallest absolute Gasteiger partial charge is 0.411 e. The average molecular weight is 468 g/mol. The molecule has 0 aliphatic carbocycles. The zero-order valence-electron chi connectivity index (χ0n) is 16.2. The van der Waals surface area contributed by atoms with Gasteiger partial charge < -0.3 is 25.3 Å². The predicted octanol–water partition coefficient (Wildman–Crippen LogP) is 2.60. The molecule has 0 spiro atoms. The molecule has 29 heavy (non-hydrogen) atoms. The predicted molar refractivity (Wildman–Crippen MR) is 108 cm³/mol. The van der Waals surface area contributed by atoms with E-state index in [2.05, 4.69) is 21.2 Å². The summed E-state index contributed by atoms with van der Waals surface area (Å²) >= 11 is 3.34. The fourth-order valence-electron chi connectivity index (χ4n) is 3.16. The molecule has 3 rings (SSSR count). The van der Waals surface area contributed by atoms with E-state index < -0.39 is 35.7 Å². The van der Waals surface area contributed by atoms with Crippen LogP contribution in [0.2, 0.25) is 0 Å². The van der Waals surface area contributed by atoms with E-state index in [1.807, 2.05) is 0 Å². The number of hydrogen-bond acceptors (Lipinski definition) is 6. The number of benzene rings is 1. The van der Waals surface area contributed by atoms with E-state index in [1.165, 1.54) is 4.90 Å². The van der Waals surface area contributed by atoms with Crippen LogP contribution in [0.3, 0.4) is 0 Å².